The number of aryl methyl sites for hydroxylation is 2. The highest BCUT2D eigenvalue weighted by Gasteiger charge is 2.22. The van der Waals surface area contributed by atoms with Crippen LogP contribution in [0.5, 0.6) is 5.75 Å². The molecular weight excluding hydrogens is 640 g/mol. The van der Waals surface area contributed by atoms with E-state index in [1.54, 1.807) is 37.4 Å². The number of thiophene rings is 1. The molecule has 0 saturated carbocycles. The zero-order chi connectivity index (χ0) is 32.0. The molecule has 1 N–H and O–H groups in total. The number of aromatic nitrogens is 4. The van der Waals surface area contributed by atoms with Crippen LogP contribution >= 0.6 is 34.5 Å². The largest absolute Gasteiger partial charge is 0.491 e. The molecule has 0 bridgehead atoms. The van der Waals surface area contributed by atoms with Crippen molar-refractivity contribution in [1.82, 2.24) is 19.5 Å². The van der Waals surface area contributed by atoms with Gasteiger partial charge in [0.2, 0.25) is 0 Å². The first-order chi connectivity index (χ1) is 21.6. The summed E-state index contributed by atoms with van der Waals surface area (Å²) in [5.41, 5.74) is 2.61. The lowest BCUT2D eigenvalue weighted by Crippen LogP contribution is -2.27. The van der Waals surface area contributed by atoms with Gasteiger partial charge in [0.05, 0.1) is 50.0 Å². The molecular formula is C32H20Cl2FN5O4S. The second-order valence-corrected chi connectivity index (χ2v) is 11.8. The Bertz CT molecular complexity index is 2300. The van der Waals surface area contributed by atoms with Gasteiger partial charge in [-0.05, 0) is 50.2 Å². The Kier molecular flexibility index (Phi) is 7.97. The normalized spacial score (nSPS) is 11.2. The SMILES string of the molecule is Cc1cc(-c2cc(Cl)ccc2OCCn2c(C)nc3cc(Cl)c(-c4cncc(F)c4)c(C#N)c3c2=O)c2scc(C(=O)O)c2n1. The van der Waals surface area contributed by atoms with Gasteiger partial charge in [0.15, 0.2) is 0 Å². The maximum atomic E-state index is 14.0. The van der Waals surface area contributed by atoms with E-state index in [0.29, 0.717) is 43.6 Å². The summed E-state index contributed by atoms with van der Waals surface area (Å²) in [6.07, 6.45) is 2.39. The molecule has 0 fully saturated rings. The minimum Gasteiger partial charge on any atom is -0.491 e. The van der Waals surface area contributed by atoms with E-state index in [1.807, 2.05) is 6.07 Å². The second kappa shape index (κ2) is 11.9. The molecule has 0 saturated heterocycles. The van der Waals surface area contributed by atoms with E-state index < -0.39 is 17.3 Å². The van der Waals surface area contributed by atoms with Crippen molar-refractivity contribution in [3.8, 4) is 34.1 Å². The van der Waals surface area contributed by atoms with Crippen molar-refractivity contribution < 1.29 is 19.0 Å². The smallest absolute Gasteiger partial charge is 0.338 e. The summed E-state index contributed by atoms with van der Waals surface area (Å²) in [4.78, 5) is 38.4. The number of pyridine rings is 2. The van der Waals surface area contributed by atoms with Gasteiger partial charge in [0.1, 0.15) is 30.1 Å². The Morgan fingerprint density at radius 3 is 2.67 bits per heavy atom. The number of halogens is 3. The molecule has 0 radical (unpaired) electrons. The number of nitrogens with zero attached hydrogens (tertiary/aromatic N) is 5. The third-order valence-electron chi connectivity index (χ3n) is 7.18. The lowest BCUT2D eigenvalue weighted by Gasteiger charge is -2.16. The average Bonchev–Trinajstić information content (AvgIpc) is 3.42. The number of carboxylic acids is 1. The Morgan fingerprint density at radius 1 is 1.13 bits per heavy atom. The first-order valence-corrected chi connectivity index (χ1v) is 15.0. The number of hydrogen-bond acceptors (Lipinski definition) is 8. The van der Waals surface area contributed by atoms with E-state index in [4.69, 9.17) is 27.9 Å². The van der Waals surface area contributed by atoms with E-state index in [-0.39, 0.29) is 51.3 Å². The fourth-order valence-corrected chi connectivity index (χ4v) is 6.73. The van der Waals surface area contributed by atoms with Crippen LogP contribution in [-0.4, -0.2) is 37.2 Å². The number of benzene rings is 2. The predicted molar refractivity (Wildman–Crippen MR) is 171 cm³/mol. The number of ether oxygens (including phenoxy) is 1. The van der Waals surface area contributed by atoms with Crippen LogP contribution in [0.3, 0.4) is 0 Å². The monoisotopic (exact) mass is 659 g/mol. The number of aromatic carboxylic acids is 1. The topological polar surface area (TPSA) is 131 Å². The minimum atomic E-state index is -1.07. The van der Waals surface area contributed by atoms with E-state index >= 15 is 0 Å². The lowest BCUT2D eigenvalue weighted by atomic mass is 9.98. The molecule has 6 aromatic rings. The quantitative estimate of drug-likeness (QED) is 0.187. The predicted octanol–water partition coefficient (Wildman–Crippen LogP) is 7.45. The molecule has 224 valence electrons. The maximum Gasteiger partial charge on any atom is 0.338 e. The average molecular weight is 661 g/mol. The highest BCUT2D eigenvalue weighted by Crippen LogP contribution is 2.40. The fourth-order valence-electron chi connectivity index (χ4n) is 5.24. The standard InChI is InChI=1S/C32H20Cl2FN5O4S/c1-15-7-21(30-29(38-15)23(14-45-30)32(42)43)20-9-18(33)3-4-26(20)44-6-5-40-16(2)39-25-10-24(34)27(17-8-19(35)13-37-12-17)22(11-36)28(25)31(40)41/h3-4,7-10,12-14H,5-6H2,1-2H3,(H,42,43). The second-order valence-electron chi connectivity index (χ2n) is 10.1. The van der Waals surface area contributed by atoms with Crippen molar-refractivity contribution in [2.75, 3.05) is 6.61 Å². The lowest BCUT2D eigenvalue weighted by molar-refractivity contribution is 0.0699. The molecule has 0 aliphatic carbocycles. The van der Waals surface area contributed by atoms with Crippen molar-refractivity contribution in [1.29, 1.82) is 5.26 Å². The number of carboxylic acid groups (broad SMARTS) is 1. The minimum absolute atomic E-state index is 0.0363. The summed E-state index contributed by atoms with van der Waals surface area (Å²) in [5, 5.41) is 21.9. The number of carbonyl (C=O) groups is 1. The Morgan fingerprint density at radius 2 is 1.93 bits per heavy atom. The molecule has 9 nitrogen and oxygen atoms in total. The number of hydrogen-bond donors (Lipinski definition) is 1. The van der Waals surface area contributed by atoms with Crippen LogP contribution in [0.4, 0.5) is 4.39 Å². The molecule has 0 spiro atoms. The van der Waals surface area contributed by atoms with Gasteiger partial charge in [-0.2, -0.15) is 5.26 Å². The van der Waals surface area contributed by atoms with Gasteiger partial charge in [-0.1, -0.05) is 23.2 Å². The first-order valence-electron chi connectivity index (χ1n) is 13.4. The van der Waals surface area contributed by atoms with E-state index in [1.165, 1.54) is 34.2 Å². The highest BCUT2D eigenvalue weighted by atomic mass is 35.5. The maximum absolute atomic E-state index is 14.0. The first kappa shape index (κ1) is 30.1. The molecule has 4 heterocycles. The third-order valence-corrected chi connectivity index (χ3v) is 8.72. The zero-order valence-corrected chi connectivity index (χ0v) is 25.9. The van der Waals surface area contributed by atoms with E-state index in [2.05, 4.69) is 21.0 Å². The van der Waals surface area contributed by atoms with Gasteiger partial charge in [-0.25, -0.2) is 14.2 Å². The molecule has 4 aromatic heterocycles. The molecule has 13 heteroatoms. The summed E-state index contributed by atoms with van der Waals surface area (Å²) >= 11 is 14.1. The van der Waals surface area contributed by atoms with Crippen molar-refractivity contribution in [3.05, 3.63) is 103 Å². The van der Waals surface area contributed by atoms with E-state index in [0.717, 1.165) is 6.20 Å². The van der Waals surface area contributed by atoms with Crippen molar-refractivity contribution in [2.45, 2.75) is 20.4 Å². The number of rotatable bonds is 7. The zero-order valence-electron chi connectivity index (χ0n) is 23.6. The van der Waals surface area contributed by atoms with Gasteiger partial charge in [-0.3, -0.25) is 19.3 Å². The van der Waals surface area contributed by atoms with Gasteiger partial charge < -0.3 is 9.84 Å². The van der Waals surface area contributed by atoms with Gasteiger partial charge in [0.25, 0.3) is 5.56 Å². The van der Waals surface area contributed by atoms with Gasteiger partial charge in [-0.15, -0.1) is 11.3 Å². The van der Waals surface area contributed by atoms with Gasteiger partial charge in [0, 0.05) is 44.5 Å². The molecule has 0 aliphatic rings. The fraction of sp³-hybridized carbons (Fsp3) is 0.125. The molecule has 2 aromatic carbocycles. The van der Waals surface area contributed by atoms with Crippen molar-refractivity contribution in [3.63, 3.8) is 0 Å². The van der Waals surface area contributed by atoms with Gasteiger partial charge >= 0.3 is 5.97 Å². The van der Waals surface area contributed by atoms with E-state index in [9.17, 15) is 24.3 Å². The third kappa shape index (κ3) is 5.48. The summed E-state index contributed by atoms with van der Waals surface area (Å²) in [6.45, 7) is 3.55. The number of nitriles is 1. The summed E-state index contributed by atoms with van der Waals surface area (Å²) in [5.74, 6) is -0.853. The highest BCUT2D eigenvalue weighted by molar-refractivity contribution is 7.18. The summed E-state index contributed by atoms with van der Waals surface area (Å²) in [7, 11) is 0. The van der Waals surface area contributed by atoms with Crippen molar-refractivity contribution >= 4 is 61.6 Å². The van der Waals surface area contributed by atoms with Crippen molar-refractivity contribution in [2.24, 2.45) is 0 Å². The van der Waals surface area contributed by atoms with Crippen LogP contribution in [0.25, 0.3) is 43.4 Å². The van der Waals surface area contributed by atoms with Crippen LogP contribution < -0.4 is 10.3 Å². The molecule has 0 aliphatic heterocycles. The molecule has 6 rings (SSSR count). The van der Waals surface area contributed by atoms with Crippen LogP contribution in [-0.2, 0) is 6.54 Å². The van der Waals surface area contributed by atoms with Crippen LogP contribution in [0.2, 0.25) is 10.0 Å². The van der Waals surface area contributed by atoms with Crippen LogP contribution in [0.1, 0.15) is 27.4 Å². The molecule has 0 atom stereocenters. The number of fused-ring (bicyclic) bond motifs is 2. The molecule has 45 heavy (non-hydrogen) atoms. The Balaban J connectivity index is 1.38. The van der Waals surface area contributed by atoms with Crippen LogP contribution in [0.15, 0.2) is 59.0 Å². The molecule has 0 unspecified atom stereocenters. The van der Waals surface area contributed by atoms with Crippen LogP contribution in [0, 0.1) is 31.0 Å². The molecule has 0 amide bonds. The summed E-state index contributed by atoms with van der Waals surface area (Å²) < 4.78 is 22.2. The summed E-state index contributed by atoms with van der Waals surface area (Å²) in [6, 6.07) is 11.7. The Hall–Kier alpha value is -4.89. The Labute approximate surface area is 268 Å².